The normalized spacial score (nSPS) is 13.6. The Balaban J connectivity index is 1.39. The Morgan fingerprint density at radius 3 is 0.622 bits per heavy atom. The van der Waals surface area contributed by atoms with E-state index in [0.717, 1.165) is 31.6 Å². The molecule has 45 heavy (non-hydrogen) atoms. The van der Waals surface area contributed by atoms with Crippen LogP contribution in [0.1, 0.15) is 19.3 Å². The van der Waals surface area contributed by atoms with E-state index >= 15 is 0 Å². The number of halogens is 2. The second-order valence-corrected chi connectivity index (χ2v) is 30.0. The Labute approximate surface area is 285 Å². The first-order valence-electron chi connectivity index (χ1n) is 15.8. The molecule has 0 nitrogen and oxygen atoms in total. The van der Waals surface area contributed by atoms with Crippen LogP contribution in [-0.2, 0) is 0 Å². The van der Waals surface area contributed by atoms with Crippen LogP contribution in [0.2, 0.25) is 0 Å². The molecule has 0 radical (unpaired) electrons. The van der Waals surface area contributed by atoms with E-state index in [-0.39, 0.29) is 0 Å². The molecule has 0 unspecified atom stereocenters. The summed E-state index contributed by atoms with van der Waals surface area (Å²) in [5.74, 6) is 0. The van der Waals surface area contributed by atoms with E-state index < -0.39 is 10.6 Å². The van der Waals surface area contributed by atoms with Gasteiger partial charge in [-0.1, -0.05) is 0 Å². The van der Waals surface area contributed by atoms with Crippen LogP contribution in [0.25, 0.3) is 0 Å². The number of hydrogen-bond acceptors (Lipinski definition) is 0. The summed E-state index contributed by atoms with van der Waals surface area (Å²) in [7, 11) is 0. The quantitative estimate of drug-likeness (QED) is 0.0863. The summed E-state index contributed by atoms with van der Waals surface area (Å²) >= 11 is 9.32. The molecule has 0 atom stereocenters. The summed E-state index contributed by atoms with van der Waals surface area (Å²) in [6, 6.07) is 67.1. The molecule has 0 aromatic heterocycles. The van der Waals surface area contributed by atoms with Gasteiger partial charge in [-0.2, -0.15) is 0 Å². The third-order valence-corrected chi connectivity index (χ3v) is 29.5. The topological polar surface area (TPSA) is 0 Å². The number of benzene rings is 6. The third-order valence-electron chi connectivity index (χ3n) is 9.42. The van der Waals surface area contributed by atoms with Gasteiger partial charge in [-0.25, -0.2) is 0 Å². The van der Waals surface area contributed by atoms with Crippen molar-refractivity contribution < 1.29 is 0 Å². The van der Waals surface area contributed by atoms with Gasteiger partial charge in [0.1, 0.15) is 0 Å². The standard InChI is InChI=1S/C41H40Br2P2/c42-44(36-22-8-1-9-23-36,37-24-10-2-11-25-37,38-26-12-3-13-27-38)34-20-7-21-35-45(43,39-28-14-4-15-29-39,40-30-16-5-17-31-40)41-32-18-6-19-33-41/h1-6,8-19,22-33H,7,20-21,34-35H2. The SMILES string of the molecule is BrP(CCCCCP(Br)(c1ccccc1)(c1ccccc1)c1ccccc1)(c1ccccc1)(c1ccccc1)c1ccccc1. The first kappa shape index (κ1) is 32.1. The fourth-order valence-corrected chi connectivity index (χ4v) is 22.6. The van der Waals surface area contributed by atoms with Crippen LogP contribution in [0.3, 0.4) is 0 Å². The van der Waals surface area contributed by atoms with Crippen molar-refractivity contribution in [2.24, 2.45) is 0 Å². The average Bonchev–Trinajstić information content (AvgIpc) is 3.13. The van der Waals surface area contributed by atoms with E-state index in [1.54, 1.807) is 0 Å². The average molecular weight is 755 g/mol. The second kappa shape index (κ2) is 13.5. The fourth-order valence-electron chi connectivity index (χ4n) is 7.10. The molecule has 228 valence electrons. The van der Waals surface area contributed by atoms with Crippen LogP contribution in [0.15, 0.2) is 182 Å². The summed E-state index contributed by atoms with van der Waals surface area (Å²) < 4.78 is 0. The summed E-state index contributed by atoms with van der Waals surface area (Å²) in [4.78, 5) is 0. The molecule has 0 bridgehead atoms. The summed E-state index contributed by atoms with van der Waals surface area (Å²) in [5, 5.41) is 2.45. The molecule has 0 aliphatic heterocycles. The van der Waals surface area contributed by atoms with Gasteiger partial charge in [0.05, 0.1) is 0 Å². The van der Waals surface area contributed by atoms with Crippen LogP contribution >= 0.6 is 41.6 Å². The molecular formula is C41H40Br2P2. The zero-order valence-corrected chi connectivity index (χ0v) is 30.5. The number of hydrogen-bond donors (Lipinski definition) is 0. The minimum absolute atomic E-state index is 1.06. The summed E-state index contributed by atoms with van der Waals surface area (Å²) in [5.41, 5.74) is 0. The molecule has 0 saturated carbocycles. The van der Waals surface area contributed by atoms with Gasteiger partial charge in [-0.05, 0) is 0 Å². The van der Waals surface area contributed by atoms with E-state index in [0.29, 0.717) is 0 Å². The molecule has 0 fully saturated rings. The van der Waals surface area contributed by atoms with E-state index in [9.17, 15) is 0 Å². The van der Waals surface area contributed by atoms with E-state index in [1.807, 2.05) is 0 Å². The van der Waals surface area contributed by atoms with Crippen molar-refractivity contribution in [3.05, 3.63) is 182 Å². The molecule has 4 heteroatoms. The first-order valence-corrected chi connectivity index (χ1v) is 24.7. The van der Waals surface area contributed by atoms with Crippen molar-refractivity contribution in [1.29, 1.82) is 0 Å². The Hall–Kier alpha value is -2.86. The summed E-state index contributed by atoms with van der Waals surface area (Å²) in [6.45, 7) is 0. The maximum absolute atomic E-state index is 4.66. The van der Waals surface area contributed by atoms with E-state index in [2.05, 4.69) is 213 Å². The summed E-state index contributed by atoms with van der Waals surface area (Å²) in [6.07, 6.45) is 5.47. The number of rotatable bonds is 12. The van der Waals surface area contributed by atoms with Gasteiger partial charge in [-0.15, -0.1) is 0 Å². The van der Waals surface area contributed by atoms with Crippen LogP contribution < -0.4 is 31.8 Å². The molecule has 0 saturated heterocycles. The number of unbranched alkanes of at least 4 members (excludes halogenated alkanes) is 2. The van der Waals surface area contributed by atoms with Gasteiger partial charge >= 0.3 is 287 Å². The fraction of sp³-hybridized carbons (Fsp3) is 0.122. The predicted octanol–water partition coefficient (Wildman–Crippen LogP) is 9.84. The van der Waals surface area contributed by atoms with Crippen molar-refractivity contribution in [1.82, 2.24) is 0 Å². The zero-order valence-electron chi connectivity index (χ0n) is 25.5. The van der Waals surface area contributed by atoms with Crippen molar-refractivity contribution >= 4 is 73.4 Å². The van der Waals surface area contributed by atoms with Crippen LogP contribution in [0, 0.1) is 0 Å². The van der Waals surface area contributed by atoms with Crippen LogP contribution in [0.5, 0.6) is 0 Å². The zero-order chi connectivity index (χ0) is 31.1. The molecule has 0 amide bonds. The molecule has 6 rings (SSSR count). The molecule has 0 heterocycles. The molecule has 6 aromatic carbocycles. The Bertz CT molecular complexity index is 1460. The van der Waals surface area contributed by atoms with Crippen LogP contribution in [0.4, 0.5) is 0 Å². The minimum atomic E-state index is -2.94. The van der Waals surface area contributed by atoms with E-state index in [1.165, 1.54) is 31.8 Å². The van der Waals surface area contributed by atoms with Gasteiger partial charge in [0, 0.05) is 0 Å². The molecule has 6 aromatic rings. The molecule has 0 spiro atoms. The Morgan fingerprint density at radius 2 is 0.444 bits per heavy atom. The second-order valence-electron chi connectivity index (χ2n) is 11.9. The predicted molar refractivity (Wildman–Crippen MR) is 212 cm³/mol. The molecule has 0 N–H and O–H groups in total. The van der Waals surface area contributed by atoms with Crippen molar-refractivity contribution in [3.8, 4) is 0 Å². The molecular weight excluding hydrogens is 714 g/mol. The Morgan fingerprint density at radius 1 is 0.267 bits per heavy atom. The Kier molecular flexibility index (Phi) is 9.61. The van der Waals surface area contributed by atoms with Crippen molar-refractivity contribution in [2.75, 3.05) is 12.3 Å². The third kappa shape index (κ3) is 5.70. The van der Waals surface area contributed by atoms with Gasteiger partial charge in [0.15, 0.2) is 0 Å². The van der Waals surface area contributed by atoms with Gasteiger partial charge in [-0.3, -0.25) is 0 Å². The van der Waals surface area contributed by atoms with Gasteiger partial charge in [0.2, 0.25) is 0 Å². The first-order chi connectivity index (χ1) is 22.0. The molecule has 0 aliphatic rings. The molecule has 0 aliphatic carbocycles. The van der Waals surface area contributed by atoms with E-state index in [4.69, 9.17) is 0 Å². The maximum atomic E-state index is 4.66. The van der Waals surface area contributed by atoms with Crippen molar-refractivity contribution in [2.45, 2.75) is 19.3 Å². The van der Waals surface area contributed by atoms with Crippen molar-refractivity contribution in [3.63, 3.8) is 0 Å². The van der Waals surface area contributed by atoms with Gasteiger partial charge < -0.3 is 0 Å². The van der Waals surface area contributed by atoms with Gasteiger partial charge in [0.25, 0.3) is 0 Å². The monoisotopic (exact) mass is 752 g/mol. The van der Waals surface area contributed by atoms with Crippen LogP contribution in [-0.4, -0.2) is 12.3 Å².